The van der Waals surface area contributed by atoms with Crippen molar-refractivity contribution in [3.8, 4) is 0 Å². The van der Waals surface area contributed by atoms with Gasteiger partial charge in [0.25, 0.3) is 0 Å². The molecular weight excluding hydrogens is 374 g/mol. The van der Waals surface area contributed by atoms with Crippen LogP contribution >= 0.6 is 0 Å². The van der Waals surface area contributed by atoms with Gasteiger partial charge < -0.3 is 15.5 Å². The summed E-state index contributed by atoms with van der Waals surface area (Å²) in [5, 5.41) is 6.34. The molecule has 2 N–H and O–H groups in total. The Labute approximate surface area is 181 Å². The van der Waals surface area contributed by atoms with Crippen molar-refractivity contribution in [1.29, 1.82) is 0 Å². The highest BCUT2D eigenvalue weighted by Gasteiger charge is 2.56. The minimum Gasteiger partial charge on any atom is -0.335 e. The SMILES string of the molecule is CC(=O)N(C)c1ccccc1NC(=O)NC1C2CC3CC1CC(CC(C)(C)C)(C3)C2. The van der Waals surface area contributed by atoms with E-state index in [1.807, 2.05) is 24.3 Å². The molecule has 0 aliphatic heterocycles. The first-order valence-electron chi connectivity index (χ1n) is 11.5. The van der Waals surface area contributed by atoms with Crippen molar-refractivity contribution in [2.24, 2.45) is 28.6 Å². The Morgan fingerprint density at radius 2 is 1.73 bits per heavy atom. The number of hydrogen-bond donors (Lipinski definition) is 2. The lowest BCUT2D eigenvalue weighted by molar-refractivity contribution is -0.116. The molecule has 0 spiro atoms. The topological polar surface area (TPSA) is 61.4 Å². The zero-order valence-corrected chi connectivity index (χ0v) is 19.1. The van der Waals surface area contributed by atoms with Gasteiger partial charge in [-0.3, -0.25) is 4.79 Å². The molecule has 5 heteroatoms. The molecule has 4 saturated carbocycles. The third kappa shape index (κ3) is 4.21. The maximum absolute atomic E-state index is 12.9. The van der Waals surface area contributed by atoms with Crippen LogP contribution in [0.25, 0.3) is 0 Å². The quantitative estimate of drug-likeness (QED) is 0.695. The summed E-state index contributed by atoms with van der Waals surface area (Å²) in [5.74, 6) is 1.98. The van der Waals surface area contributed by atoms with Crippen LogP contribution in [0.3, 0.4) is 0 Å². The molecule has 0 saturated heterocycles. The number of nitrogens with one attached hydrogen (secondary N) is 2. The lowest BCUT2D eigenvalue weighted by Gasteiger charge is -2.61. The van der Waals surface area contributed by atoms with Crippen molar-refractivity contribution in [2.45, 2.75) is 72.3 Å². The van der Waals surface area contributed by atoms with Crippen molar-refractivity contribution in [1.82, 2.24) is 5.32 Å². The third-order valence-corrected chi connectivity index (χ3v) is 7.59. The Kier molecular flexibility index (Phi) is 5.36. The molecule has 5 nitrogen and oxygen atoms in total. The van der Waals surface area contributed by atoms with E-state index in [4.69, 9.17) is 0 Å². The van der Waals surface area contributed by atoms with E-state index < -0.39 is 0 Å². The largest absolute Gasteiger partial charge is 0.335 e. The van der Waals surface area contributed by atoms with Gasteiger partial charge in [-0.25, -0.2) is 4.79 Å². The predicted molar refractivity (Wildman–Crippen MR) is 122 cm³/mol. The van der Waals surface area contributed by atoms with Gasteiger partial charge in [-0.15, -0.1) is 0 Å². The standard InChI is InChI=1S/C25H37N3O2/c1-16(29)28(5)21-9-7-6-8-20(21)26-23(30)27-22-18-10-17-11-19(22)14-25(12-17,13-18)15-24(2,3)4/h6-9,17-19,22H,10-15H2,1-5H3,(H2,26,27,30). The molecule has 0 aromatic heterocycles. The van der Waals surface area contributed by atoms with Gasteiger partial charge in [-0.1, -0.05) is 32.9 Å². The molecule has 4 fully saturated rings. The molecule has 4 aliphatic rings. The predicted octanol–water partition coefficient (Wildman–Crippen LogP) is 5.42. The van der Waals surface area contributed by atoms with Crippen LogP contribution in [0.1, 0.15) is 66.2 Å². The van der Waals surface area contributed by atoms with Crippen molar-refractivity contribution >= 4 is 23.3 Å². The number of benzene rings is 1. The van der Waals surface area contributed by atoms with Crippen LogP contribution in [0.5, 0.6) is 0 Å². The van der Waals surface area contributed by atoms with E-state index in [-0.39, 0.29) is 18.0 Å². The Balaban J connectivity index is 1.44. The average molecular weight is 412 g/mol. The molecule has 1 aromatic carbocycles. The highest BCUT2D eigenvalue weighted by atomic mass is 16.2. The number of hydrogen-bond acceptors (Lipinski definition) is 2. The fourth-order valence-corrected chi connectivity index (χ4v) is 7.12. The first kappa shape index (κ1) is 21.2. The summed E-state index contributed by atoms with van der Waals surface area (Å²) in [7, 11) is 1.73. The molecule has 164 valence electrons. The highest BCUT2D eigenvalue weighted by Crippen LogP contribution is 2.63. The Morgan fingerprint density at radius 1 is 1.10 bits per heavy atom. The molecule has 0 radical (unpaired) electrons. The number of carbonyl (C=O) groups excluding carboxylic acids is 2. The molecule has 4 bridgehead atoms. The molecule has 4 aliphatic carbocycles. The second-order valence-electron chi connectivity index (χ2n) is 11.4. The summed E-state index contributed by atoms with van der Waals surface area (Å²) >= 11 is 0. The number of amides is 3. The van der Waals surface area contributed by atoms with E-state index in [0.29, 0.717) is 28.4 Å². The Hall–Kier alpha value is -2.04. The summed E-state index contributed by atoms with van der Waals surface area (Å²) in [5.41, 5.74) is 2.23. The van der Waals surface area contributed by atoms with Gasteiger partial charge in [-0.05, 0) is 79.2 Å². The smallest absolute Gasteiger partial charge is 0.319 e. The second kappa shape index (κ2) is 7.58. The van der Waals surface area contributed by atoms with E-state index in [0.717, 1.165) is 11.6 Å². The highest BCUT2D eigenvalue weighted by molar-refractivity contribution is 5.99. The molecule has 3 amide bonds. The van der Waals surface area contributed by atoms with Crippen LogP contribution in [-0.2, 0) is 4.79 Å². The Bertz CT molecular complexity index is 812. The fourth-order valence-electron chi connectivity index (χ4n) is 7.12. The lowest BCUT2D eigenvalue weighted by Crippen LogP contribution is -2.60. The van der Waals surface area contributed by atoms with E-state index in [2.05, 4.69) is 31.4 Å². The van der Waals surface area contributed by atoms with Crippen LogP contribution in [0, 0.1) is 28.6 Å². The molecular formula is C25H37N3O2. The minimum atomic E-state index is -0.151. The number of anilines is 2. The van der Waals surface area contributed by atoms with Crippen LogP contribution in [0.4, 0.5) is 16.2 Å². The summed E-state index contributed by atoms with van der Waals surface area (Å²) < 4.78 is 0. The van der Waals surface area contributed by atoms with Gasteiger partial charge >= 0.3 is 6.03 Å². The zero-order valence-electron chi connectivity index (χ0n) is 19.1. The number of urea groups is 1. The Morgan fingerprint density at radius 3 is 2.33 bits per heavy atom. The molecule has 0 heterocycles. The van der Waals surface area contributed by atoms with E-state index in [1.165, 1.54) is 45.4 Å². The summed E-state index contributed by atoms with van der Waals surface area (Å²) in [6, 6.07) is 7.59. The third-order valence-electron chi connectivity index (χ3n) is 7.59. The summed E-state index contributed by atoms with van der Waals surface area (Å²) in [6.07, 6.45) is 7.72. The zero-order chi connectivity index (χ0) is 21.7. The maximum Gasteiger partial charge on any atom is 0.319 e. The van der Waals surface area contributed by atoms with E-state index in [1.54, 1.807) is 11.9 Å². The van der Waals surface area contributed by atoms with Crippen LogP contribution in [-0.4, -0.2) is 25.0 Å². The molecule has 2 unspecified atom stereocenters. The number of rotatable bonds is 4. The van der Waals surface area contributed by atoms with Gasteiger partial charge in [0.15, 0.2) is 0 Å². The van der Waals surface area contributed by atoms with Crippen LogP contribution in [0.2, 0.25) is 0 Å². The first-order valence-corrected chi connectivity index (χ1v) is 11.5. The van der Waals surface area contributed by atoms with E-state index >= 15 is 0 Å². The maximum atomic E-state index is 12.9. The van der Waals surface area contributed by atoms with Crippen LogP contribution < -0.4 is 15.5 Å². The number of carbonyl (C=O) groups is 2. The molecule has 5 rings (SSSR count). The van der Waals surface area contributed by atoms with Crippen molar-refractivity contribution in [3.63, 3.8) is 0 Å². The van der Waals surface area contributed by atoms with Gasteiger partial charge in [0.2, 0.25) is 5.91 Å². The van der Waals surface area contributed by atoms with Crippen molar-refractivity contribution in [2.75, 3.05) is 17.3 Å². The summed E-state index contributed by atoms with van der Waals surface area (Å²) in [4.78, 5) is 26.3. The van der Waals surface area contributed by atoms with E-state index in [9.17, 15) is 9.59 Å². The van der Waals surface area contributed by atoms with Crippen molar-refractivity contribution < 1.29 is 9.59 Å². The minimum absolute atomic E-state index is 0.0603. The van der Waals surface area contributed by atoms with Gasteiger partial charge in [0, 0.05) is 20.0 Å². The lowest BCUT2D eigenvalue weighted by atomic mass is 9.46. The summed E-state index contributed by atoms with van der Waals surface area (Å²) in [6.45, 7) is 8.62. The van der Waals surface area contributed by atoms with Gasteiger partial charge in [0.05, 0.1) is 11.4 Å². The molecule has 2 atom stereocenters. The first-order chi connectivity index (χ1) is 14.1. The monoisotopic (exact) mass is 411 g/mol. The van der Waals surface area contributed by atoms with Gasteiger partial charge in [-0.2, -0.15) is 0 Å². The van der Waals surface area contributed by atoms with Crippen molar-refractivity contribution in [3.05, 3.63) is 24.3 Å². The normalized spacial score (nSPS) is 32.0. The number of nitrogens with zero attached hydrogens (tertiary/aromatic N) is 1. The van der Waals surface area contributed by atoms with Crippen LogP contribution in [0.15, 0.2) is 24.3 Å². The van der Waals surface area contributed by atoms with Gasteiger partial charge in [0.1, 0.15) is 0 Å². The second-order valence-corrected chi connectivity index (χ2v) is 11.4. The molecule has 1 aromatic rings. The number of para-hydroxylation sites is 2. The molecule has 30 heavy (non-hydrogen) atoms. The fraction of sp³-hybridized carbons (Fsp3) is 0.680. The average Bonchev–Trinajstić information content (AvgIpc) is 2.62.